The minimum atomic E-state index is -1.04. The van der Waals surface area contributed by atoms with Gasteiger partial charge in [0.2, 0.25) is 0 Å². The van der Waals surface area contributed by atoms with E-state index in [9.17, 15) is 14.7 Å². The molecule has 2 unspecified atom stereocenters. The molecule has 2 N–H and O–H groups in total. The lowest BCUT2D eigenvalue weighted by molar-refractivity contribution is -0.171. The first-order valence-electron chi connectivity index (χ1n) is 14.9. The first kappa shape index (κ1) is 27.9. The highest BCUT2D eigenvalue weighted by Crippen LogP contribution is 2.47. The maximum Gasteiger partial charge on any atom is 0.320 e. The summed E-state index contributed by atoms with van der Waals surface area (Å²) in [6.07, 6.45) is 14.0. The van der Waals surface area contributed by atoms with Crippen LogP contribution in [0.3, 0.4) is 0 Å². The number of urea groups is 1. The number of hydrogen-bond acceptors (Lipinski definition) is 7. The van der Waals surface area contributed by atoms with E-state index in [0.29, 0.717) is 82.4 Å². The number of aliphatic imine (C=N–C) groups is 1. The van der Waals surface area contributed by atoms with Crippen LogP contribution in [0.5, 0.6) is 0 Å². The lowest BCUT2D eigenvalue weighted by Gasteiger charge is -2.57. The fourth-order valence-corrected chi connectivity index (χ4v) is 7.32. The van der Waals surface area contributed by atoms with Crippen molar-refractivity contribution in [3.63, 3.8) is 0 Å². The van der Waals surface area contributed by atoms with E-state index in [1.807, 2.05) is 40.1 Å². The van der Waals surface area contributed by atoms with E-state index in [2.05, 4.69) is 39.5 Å². The topological polar surface area (TPSA) is 97.7 Å². The summed E-state index contributed by atoms with van der Waals surface area (Å²) < 4.78 is 5.75. The van der Waals surface area contributed by atoms with Crippen molar-refractivity contribution in [1.82, 2.24) is 20.0 Å². The number of amides is 2. The number of piperazine rings is 1. The molecule has 3 fully saturated rings. The zero-order chi connectivity index (χ0) is 28.3. The van der Waals surface area contributed by atoms with E-state index in [4.69, 9.17) is 4.74 Å². The maximum atomic E-state index is 14.1. The Balaban J connectivity index is 1.19. The van der Waals surface area contributed by atoms with Crippen LogP contribution >= 0.6 is 0 Å². The molecule has 4 heterocycles. The second-order valence-electron chi connectivity index (χ2n) is 12.1. The number of nitrogens with zero attached hydrogens (tertiary/aromatic N) is 4. The highest BCUT2D eigenvalue weighted by Gasteiger charge is 2.56. The number of β-amino-alcohol motifs (C(OH)–C–C–N with tert-alkyl or cyclic N) is 1. The van der Waals surface area contributed by atoms with Gasteiger partial charge in [-0.25, -0.2) is 9.79 Å². The van der Waals surface area contributed by atoms with E-state index in [1.54, 1.807) is 6.34 Å². The standard InChI is InChI=1S/C32H41N5O4/c38-21-27-20-35(24-34-29(27)26-9-5-2-6-10-26)23-32(40)11-15-36(22-31(32)12-17-41-18-13-31)30(39)37-16-14-33-19-28(37)25-7-3-1-4-8-25/h1-7,9-10,21,24-25,28,33,40H,8,11-20,22-23H2/t25?,28-,32?/m0/s1. The van der Waals surface area contributed by atoms with Crippen molar-refractivity contribution < 1.29 is 19.4 Å². The smallest absolute Gasteiger partial charge is 0.320 e. The molecule has 5 aliphatic rings. The first-order valence-corrected chi connectivity index (χ1v) is 14.9. The van der Waals surface area contributed by atoms with Crippen LogP contribution in [-0.4, -0.2) is 109 Å². The molecule has 2 amide bonds. The number of aldehydes is 1. The van der Waals surface area contributed by atoms with Gasteiger partial charge in [0.05, 0.1) is 23.7 Å². The minimum Gasteiger partial charge on any atom is -0.387 e. The van der Waals surface area contributed by atoms with E-state index in [0.717, 1.165) is 31.4 Å². The Labute approximate surface area is 242 Å². The fourth-order valence-electron chi connectivity index (χ4n) is 7.32. The summed E-state index contributed by atoms with van der Waals surface area (Å²) in [4.78, 5) is 36.8. The molecule has 1 spiro atoms. The van der Waals surface area contributed by atoms with Crippen LogP contribution in [0, 0.1) is 11.3 Å². The predicted molar refractivity (Wildman–Crippen MR) is 158 cm³/mol. The SMILES string of the molecule is O=CC1=C(c2ccccc2)N=CN(CC2(O)CCN(C(=O)N3CCNC[C@H]3C3C=CC=CC3)CC23CCOCC3)C1. The quantitative estimate of drug-likeness (QED) is 0.539. The molecule has 0 aromatic heterocycles. The van der Waals surface area contributed by atoms with Gasteiger partial charge in [-0.1, -0.05) is 54.6 Å². The van der Waals surface area contributed by atoms with Crippen molar-refractivity contribution in [3.05, 3.63) is 65.8 Å². The van der Waals surface area contributed by atoms with Crippen LogP contribution in [0.25, 0.3) is 5.70 Å². The van der Waals surface area contributed by atoms with E-state index in [-0.39, 0.29) is 12.1 Å². The number of piperidine rings is 1. The van der Waals surface area contributed by atoms with Crippen LogP contribution < -0.4 is 5.32 Å². The Morgan fingerprint density at radius 3 is 2.73 bits per heavy atom. The highest BCUT2D eigenvalue weighted by atomic mass is 16.5. The molecule has 3 saturated heterocycles. The summed E-state index contributed by atoms with van der Waals surface area (Å²) in [5.41, 5.74) is 0.654. The molecule has 9 nitrogen and oxygen atoms in total. The fraction of sp³-hybridized carbons (Fsp3) is 0.531. The number of aliphatic hydroxyl groups is 1. The van der Waals surface area contributed by atoms with Gasteiger partial charge >= 0.3 is 6.03 Å². The van der Waals surface area contributed by atoms with Crippen LogP contribution in [0.2, 0.25) is 0 Å². The molecule has 4 aliphatic heterocycles. The van der Waals surface area contributed by atoms with Crippen LogP contribution in [0.1, 0.15) is 31.2 Å². The first-order chi connectivity index (χ1) is 20.0. The van der Waals surface area contributed by atoms with Gasteiger partial charge in [0.15, 0.2) is 0 Å². The van der Waals surface area contributed by atoms with Crippen molar-refractivity contribution in [2.45, 2.75) is 37.3 Å². The largest absolute Gasteiger partial charge is 0.387 e. The monoisotopic (exact) mass is 559 g/mol. The Morgan fingerprint density at radius 2 is 1.98 bits per heavy atom. The molecule has 0 bridgehead atoms. The summed E-state index contributed by atoms with van der Waals surface area (Å²) in [5, 5.41) is 15.8. The number of rotatable bonds is 5. The maximum absolute atomic E-state index is 14.1. The molecular formula is C32H41N5O4. The average molecular weight is 560 g/mol. The van der Waals surface area contributed by atoms with Gasteiger partial charge in [-0.2, -0.15) is 0 Å². The van der Waals surface area contributed by atoms with Gasteiger partial charge in [0.25, 0.3) is 0 Å². The van der Waals surface area contributed by atoms with Gasteiger partial charge in [-0.15, -0.1) is 0 Å². The van der Waals surface area contributed by atoms with Crippen LogP contribution in [0.4, 0.5) is 4.79 Å². The Bertz CT molecular complexity index is 1240. The number of carbonyl (C=O) groups excluding carboxylic acids is 2. The number of nitrogens with one attached hydrogen (secondary N) is 1. The lowest BCUT2D eigenvalue weighted by atomic mass is 9.62. The molecule has 6 rings (SSSR count). The molecule has 1 aromatic carbocycles. The van der Waals surface area contributed by atoms with E-state index < -0.39 is 11.0 Å². The molecule has 0 radical (unpaired) electrons. The van der Waals surface area contributed by atoms with Gasteiger partial charge < -0.3 is 29.9 Å². The molecule has 9 heteroatoms. The van der Waals surface area contributed by atoms with Gasteiger partial charge in [0, 0.05) is 81.5 Å². The number of ether oxygens (including phenoxy) is 1. The van der Waals surface area contributed by atoms with Crippen molar-refractivity contribution in [2.24, 2.45) is 16.3 Å². The molecule has 0 saturated carbocycles. The molecule has 218 valence electrons. The third-order valence-corrected chi connectivity index (χ3v) is 9.72. The van der Waals surface area contributed by atoms with E-state index in [1.165, 1.54) is 0 Å². The van der Waals surface area contributed by atoms with Crippen LogP contribution in [0.15, 0.2) is 65.2 Å². The number of hydrogen-bond donors (Lipinski definition) is 2. The lowest BCUT2D eigenvalue weighted by Crippen LogP contribution is -2.68. The zero-order valence-electron chi connectivity index (χ0n) is 23.7. The Hall–Kier alpha value is -3.27. The normalized spacial score (nSPS) is 29.7. The Kier molecular flexibility index (Phi) is 8.10. The number of allylic oxidation sites excluding steroid dienone is 3. The van der Waals surface area contributed by atoms with Gasteiger partial charge in [-0.3, -0.25) is 4.79 Å². The second-order valence-corrected chi connectivity index (χ2v) is 12.1. The summed E-state index contributed by atoms with van der Waals surface area (Å²) >= 11 is 0. The Morgan fingerprint density at radius 1 is 1.15 bits per heavy atom. The van der Waals surface area contributed by atoms with Gasteiger partial charge in [0.1, 0.15) is 6.29 Å². The summed E-state index contributed by atoms with van der Waals surface area (Å²) in [5.74, 6) is 0.301. The van der Waals surface area contributed by atoms with Crippen molar-refractivity contribution in [1.29, 1.82) is 0 Å². The molecule has 3 atom stereocenters. The summed E-state index contributed by atoms with van der Waals surface area (Å²) in [7, 11) is 0. The second kappa shape index (κ2) is 11.9. The van der Waals surface area contributed by atoms with E-state index >= 15 is 0 Å². The van der Waals surface area contributed by atoms with Gasteiger partial charge in [-0.05, 0) is 25.7 Å². The summed E-state index contributed by atoms with van der Waals surface area (Å²) in [6.45, 7) is 5.12. The molecule has 1 aliphatic carbocycles. The molecular weight excluding hydrogens is 518 g/mol. The third-order valence-electron chi connectivity index (χ3n) is 9.72. The predicted octanol–water partition coefficient (Wildman–Crippen LogP) is 2.70. The third kappa shape index (κ3) is 5.50. The molecule has 41 heavy (non-hydrogen) atoms. The minimum absolute atomic E-state index is 0.0746. The van der Waals surface area contributed by atoms with Crippen LogP contribution in [-0.2, 0) is 9.53 Å². The van der Waals surface area contributed by atoms with Crippen molar-refractivity contribution in [2.75, 3.05) is 59.0 Å². The van der Waals surface area contributed by atoms with Crippen molar-refractivity contribution >= 4 is 24.4 Å². The summed E-state index contributed by atoms with van der Waals surface area (Å²) in [6, 6.07) is 9.90. The highest BCUT2D eigenvalue weighted by molar-refractivity contribution is 5.92. The zero-order valence-corrected chi connectivity index (χ0v) is 23.7. The van der Waals surface area contributed by atoms with Crippen molar-refractivity contribution in [3.8, 4) is 0 Å². The number of likely N-dealkylation sites (tertiary alicyclic amines) is 1. The number of carbonyl (C=O) groups is 2. The average Bonchev–Trinajstić information content (AvgIpc) is 3.03. The molecule has 1 aromatic rings. The number of benzene rings is 1.